The Kier molecular flexibility index (Phi) is 3.82. The van der Waals surface area contributed by atoms with Crippen molar-refractivity contribution in [2.24, 2.45) is 0 Å². The van der Waals surface area contributed by atoms with Crippen LogP contribution in [0.4, 0.5) is 0 Å². The van der Waals surface area contributed by atoms with Gasteiger partial charge in [-0.3, -0.25) is 4.18 Å². The molecular formula is C2H5ClO2S. The lowest BCUT2D eigenvalue weighted by Crippen LogP contribution is -1.90. The molecule has 0 aromatic carbocycles. The van der Waals surface area contributed by atoms with Crippen LogP contribution >= 0.6 is 11.6 Å². The van der Waals surface area contributed by atoms with Crippen molar-refractivity contribution in [3.63, 3.8) is 0 Å². The molecule has 0 saturated heterocycles. The minimum atomic E-state index is -1.27. The Balaban J connectivity index is 2.99. The van der Waals surface area contributed by atoms with Crippen LogP contribution in [-0.2, 0) is 15.3 Å². The molecule has 2 nitrogen and oxygen atoms in total. The van der Waals surface area contributed by atoms with Gasteiger partial charge in [0.15, 0.2) is 11.1 Å². The largest absolute Gasteiger partial charge is 0.293 e. The van der Waals surface area contributed by atoms with Gasteiger partial charge in [-0.1, -0.05) is 0 Å². The summed E-state index contributed by atoms with van der Waals surface area (Å²) in [5.74, 6) is 0. The highest BCUT2D eigenvalue weighted by Crippen LogP contribution is 1.82. The Morgan fingerprint density at radius 1 is 2.00 bits per heavy atom. The van der Waals surface area contributed by atoms with Gasteiger partial charge in [0, 0.05) is 0 Å². The topological polar surface area (TPSA) is 26.3 Å². The lowest BCUT2D eigenvalue weighted by Gasteiger charge is -1.84. The quantitative estimate of drug-likeness (QED) is 0.506. The van der Waals surface area contributed by atoms with E-state index >= 15 is 0 Å². The second-order valence-corrected chi connectivity index (χ2v) is 2.39. The molecule has 0 rings (SSSR count). The first-order valence-corrected chi connectivity index (χ1v) is 3.08. The number of alkyl halides is 1. The fourth-order valence-corrected chi connectivity index (χ4v) is 0.401. The minimum absolute atomic E-state index is 0.0521. The maximum atomic E-state index is 9.94. The van der Waals surface area contributed by atoms with Gasteiger partial charge < -0.3 is 0 Å². The van der Waals surface area contributed by atoms with Gasteiger partial charge in [0.2, 0.25) is 0 Å². The highest BCUT2D eigenvalue weighted by molar-refractivity contribution is 7.81. The van der Waals surface area contributed by atoms with E-state index in [2.05, 4.69) is 4.18 Å². The van der Waals surface area contributed by atoms with Crippen molar-refractivity contribution >= 4 is 22.7 Å². The Morgan fingerprint density at radius 2 is 2.50 bits per heavy atom. The molecule has 0 amide bonds. The predicted molar refractivity (Wildman–Crippen MR) is 25.9 cm³/mol. The molecule has 0 N–H and O–H groups in total. The summed E-state index contributed by atoms with van der Waals surface area (Å²) in [4.78, 5) is 0. The highest BCUT2D eigenvalue weighted by Gasteiger charge is 1.86. The number of hydrogen-bond donors (Lipinski definition) is 0. The molecule has 0 saturated carbocycles. The van der Waals surface area contributed by atoms with Crippen LogP contribution in [0.3, 0.4) is 0 Å². The molecule has 0 spiro atoms. The summed E-state index contributed by atoms with van der Waals surface area (Å²) in [7, 11) is 1.35. The summed E-state index contributed by atoms with van der Waals surface area (Å²) >= 11 is 3.76. The van der Waals surface area contributed by atoms with E-state index in [4.69, 9.17) is 11.6 Å². The van der Waals surface area contributed by atoms with Gasteiger partial charge in [0.1, 0.15) is 5.21 Å². The molecule has 38 valence electrons. The average molecular weight is 129 g/mol. The molecule has 6 heavy (non-hydrogen) atoms. The molecule has 0 aliphatic heterocycles. The van der Waals surface area contributed by atoms with Crippen LogP contribution in [0.5, 0.6) is 0 Å². The van der Waals surface area contributed by atoms with Gasteiger partial charge in [0.05, 0.1) is 7.11 Å². The zero-order chi connectivity index (χ0) is 4.99. The van der Waals surface area contributed by atoms with Crippen LogP contribution in [0.1, 0.15) is 0 Å². The molecular weight excluding hydrogens is 124 g/mol. The van der Waals surface area contributed by atoms with E-state index in [1.807, 2.05) is 0 Å². The smallest absolute Gasteiger partial charge is 0.170 e. The summed E-state index contributed by atoms with van der Waals surface area (Å²) in [6, 6.07) is 0. The van der Waals surface area contributed by atoms with Crippen LogP contribution in [0.25, 0.3) is 0 Å². The van der Waals surface area contributed by atoms with Crippen molar-refractivity contribution in [1.82, 2.24) is 0 Å². The molecule has 4 heteroatoms. The highest BCUT2D eigenvalue weighted by atomic mass is 35.5. The molecule has 1 atom stereocenters. The zero-order valence-corrected chi connectivity index (χ0v) is 4.88. The number of hydrogen-bond acceptors (Lipinski definition) is 2. The molecule has 0 aliphatic rings. The summed E-state index contributed by atoms with van der Waals surface area (Å²) < 4.78 is 14.2. The van der Waals surface area contributed by atoms with Gasteiger partial charge in [-0.25, -0.2) is 4.21 Å². The summed E-state index contributed by atoms with van der Waals surface area (Å²) in [5, 5.41) is 0.0521. The summed E-state index contributed by atoms with van der Waals surface area (Å²) in [5.41, 5.74) is 0. The van der Waals surface area contributed by atoms with E-state index < -0.39 is 11.1 Å². The second-order valence-electron chi connectivity index (χ2n) is 0.580. The lowest BCUT2D eigenvalue weighted by molar-refractivity contribution is 0.449. The SMILES string of the molecule is COS(=O)CCl. The predicted octanol–water partition coefficient (Wildman–Crippen LogP) is 0.493. The van der Waals surface area contributed by atoms with Crippen LogP contribution in [0.2, 0.25) is 0 Å². The van der Waals surface area contributed by atoms with Crippen molar-refractivity contribution in [2.45, 2.75) is 0 Å². The third-order valence-corrected chi connectivity index (χ3v) is 1.36. The summed E-state index contributed by atoms with van der Waals surface area (Å²) in [6.45, 7) is 0. The minimum Gasteiger partial charge on any atom is -0.293 e. The van der Waals surface area contributed by atoms with Crippen molar-refractivity contribution < 1.29 is 8.39 Å². The van der Waals surface area contributed by atoms with E-state index in [-0.39, 0.29) is 5.21 Å². The van der Waals surface area contributed by atoms with Crippen LogP contribution < -0.4 is 0 Å². The monoisotopic (exact) mass is 128 g/mol. The van der Waals surface area contributed by atoms with E-state index in [1.54, 1.807) is 0 Å². The maximum absolute atomic E-state index is 9.94. The Hall–Kier alpha value is 0.400. The fourth-order valence-electron chi connectivity index (χ4n) is 0.0445. The first kappa shape index (κ1) is 6.40. The molecule has 0 aromatic rings. The van der Waals surface area contributed by atoms with Gasteiger partial charge >= 0.3 is 0 Å². The molecule has 0 heterocycles. The molecule has 0 bridgehead atoms. The molecule has 0 fully saturated rings. The third kappa shape index (κ3) is 2.63. The standard InChI is InChI=1S/C2H5ClO2S/c1-5-6(4)2-3/h2H2,1H3. The van der Waals surface area contributed by atoms with Crippen LogP contribution in [0, 0.1) is 0 Å². The van der Waals surface area contributed by atoms with Crippen LogP contribution in [0.15, 0.2) is 0 Å². The van der Waals surface area contributed by atoms with Gasteiger partial charge in [-0.2, -0.15) is 0 Å². The Bertz CT molecular complexity index is 49.5. The maximum Gasteiger partial charge on any atom is 0.170 e. The van der Waals surface area contributed by atoms with Crippen molar-refractivity contribution in [3.05, 3.63) is 0 Å². The molecule has 0 radical (unpaired) electrons. The second kappa shape index (κ2) is 3.59. The van der Waals surface area contributed by atoms with Crippen molar-refractivity contribution in [1.29, 1.82) is 0 Å². The normalized spacial score (nSPS) is 14.3. The first-order valence-electron chi connectivity index (χ1n) is 1.30. The van der Waals surface area contributed by atoms with E-state index in [0.717, 1.165) is 0 Å². The zero-order valence-electron chi connectivity index (χ0n) is 3.31. The van der Waals surface area contributed by atoms with E-state index in [1.165, 1.54) is 7.11 Å². The van der Waals surface area contributed by atoms with Crippen molar-refractivity contribution in [3.8, 4) is 0 Å². The molecule has 0 aromatic heterocycles. The van der Waals surface area contributed by atoms with Crippen molar-refractivity contribution in [2.75, 3.05) is 12.3 Å². The molecule has 0 aliphatic carbocycles. The Labute approximate surface area is 44.1 Å². The van der Waals surface area contributed by atoms with E-state index in [9.17, 15) is 4.21 Å². The number of halogens is 1. The lowest BCUT2D eigenvalue weighted by atomic mass is 11.8. The fraction of sp³-hybridized carbons (Fsp3) is 1.00. The average Bonchev–Trinajstić information content (AvgIpc) is 1.65. The third-order valence-electron chi connectivity index (χ3n) is 0.275. The van der Waals surface area contributed by atoms with Gasteiger partial charge in [-0.15, -0.1) is 11.6 Å². The van der Waals surface area contributed by atoms with Gasteiger partial charge in [-0.05, 0) is 0 Å². The number of rotatable bonds is 2. The first-order chi connectivity index (χ1) is 2.81. The van der Waals surface area contributed by atoms with Gasteiger partial charge in [0.25, 0.3) is 0 Å². The van der Waals surface area contributed by atoms with E-state index in [0.29, 0.717) is 0 Å². The summed E-state index contributed by atoms with van der Waals surface area (Å²) in [6.07, 6.45) is 0. The Morgan fingerprint density at radius 3 is 2.50 bits per heavy atom. The van der Waals surface area contributed by atoms with Crippen LogP contribution in [-0.4, -0.2) is 16.5 Å². The molecule has 1 unspecified atom stereocenters.